The van der Waals surface area contributed by atoms with Gasteiger partial charge in [0.1, 0.15) is 0 Å². The number of nitrogens with one attached hydrogen (secondary N) is 1. The molecule has 0 amide bonds. The minimum atomic E-state index is -3.13. The monoisotopic (exact) mass is 269 g/mol. The van der Waals surface area contributed by atoms with Crippen molar-refractivity contribution in [3.63, 3.8) is 0 Å². The molecule has 1 N–H and O–H groups in total. The molecule has 1 rings (SSSR count). The summed E-state index contributed by atoms with van der Waals surface area (Å²) < 4.78 is 31.2. The number of hydrogen-bond acceptors (Lipinski definition) is 3. The van der Waals surface area contributed by atoms with Crippen LogP contribution in [0.3, 0.4) is 0 Å². The number of rotatable bonds is 7. The Kier molecular flexibility index (Phi) is 6.03. The molecule has 0 bridgehead atoms. The minimum Gasteiger partial charge on any atom is -0.378 e. The van der Waals surface area contributed by atoms with Crippen molar-refractivity contribution >= 4 is 21.6 Å². The van der Waals surface area contributed by atoms with Crippen molar-refractivity contribution in [3.8, 4) is 0 Å². The Bertz CT molecular complexity index is 294. The summed E-state index contributed by atoms with van der Waals surface area (Å²) in [6, 6.07) is 0. The van der Waals surface area contributed by atoms with E-state index in [4.69, 9.17) is 16.3 Å². The average molecular weight is 270 g/mol. The third-order valence-electron chi connectivity index (χ3n) is 2.90. The van der Waals surface area contributed by atoms with Gasteiger partial charge in [0.2, 0.25) is 10.0 Å². The Morgan fingerprint density at radius 2 is 2.19 bits per heavy atom. The summed E-state index contributed by atoms with van der Waals surface area (Å²) in [4.78, 5) is 0. The normalized spacial score (nSPS) is 26.1. The number of alkyl halides is 1. The van der Waals surface area contributed by atoms with Crippen LogP contribution in [0.15, 0.2) is 0 Å². The van der Waals surface area contributed by atoms with Crippen molar-refractivity contribution in [2.75, 3.05) is 24.8 Å². The molecular weight excluding hydrogens is 250 g/mol. The molecular formula is C10H20ClNO3S. The predicted octanol–water partition coefficient (Wildman–Crippen LogP) is 1.35. The number of ether oxygens (including phenoxy) is 1. The van der Waals surface area contributed by atoms with Crippen molar-refractivity contribution < 1.29 is 13.2 Å². The quantitative estimate of drug-likeness (QED) is 0.561. The molecule has 0 aliphatic carbocycles. The second kappa shape index (κ2) is 6.79. The highest BCUT2D eigenvalue weighted by atomic mass is 35.5. The molecule has 1 heterocycles. The fourth-order valence-electron chi connectivity index (χ4n) is 1.74. The van der Waals surface area contributed by atoms with Crippen LogP contribution in [0.4, 0.5) is 0 Å². The smallest absolute Gasteiger partial charge is 0.211 e. The van der Waals surface area contributed by atoms with Crippen molar-refractivity contribution in [1.82, 2.24) is 4.72 Å². The van der Waals surface area contributed by atoms with E-state index in [-0.39, 0.29) is 11.9 Å². The van der Waals surface area contributed by atoms with E-state index in [0.717, 1.165) is 19.4 Å². The van der Waals surface area contributed by atoms with Crippen LogP contribution in [-0.4, -0.2) is 39.3 Å². The Balaban J connectivity index is 2.24. The molecule has 1 aliphatic rings. The topological polar surface area (TPSA) is 55.4 Å². The lowest BCUT2D eigenvalue weighted by Gasteiger charge is -2.14. The van der Waals surface area contributed by atoms with Crippen LogP contribution in [0.25, 0.3) is 0 Å². The van der Waals surface area contributed by atoms with Gasteiger partial charge in [-0.2, -0.15) is 0 Å². The van der Waals surface area contributed by atoms with E-state index in [9.17, 15) is 8.42 Å². The first-order valence-electron chi connectivity index (χ1n) is 5.70. The number of sulfonamides is 1. The first-order valence-corrected chi connectivity index (χ1v) is 7.89. The fourth-order valence-corrected chi connectivity index (χ4v) is 3.12. The van der Waals surface area contributed by atoms with Crippen LogP contribution >= 0.6 is 11.6 Å². The molecule has 0 aromatic carbocycles. The highest BCUT2D eigenvalue weighted by Crippen LogP contribution is 2.19. The van der Waals surface area contributed by atoms with Gasteiger partial charge in [0.15, 0.2) is 0 Å². The van der Waals surface area contributed by atoms with Crippen molar-refractivity contribution in [1.29, 1.82) is 0 Å². The van der Waals surface area contributed by atoms with E-state index in [1.165, 1.54) is 0 Å². The van der Waals surface area contributed by atoms with Gasteiger partial charge >= 0.3 is 0 Å². The summed E-state index contributed by atoms with van der Waals surface area (Å²) in [5.74, 6) is 0.993. The van der Waals surface area contributed by atoms with E-state index in [1.807, 2.05) is 6.92 Å². The lowest BCUT2D eigenvalue weighted by Crippen LogP contribution is -2.33. The van der Waals surface area contributed by atoms with Crippen LogP contribution in [0.5, 0.6) is 0 Å². The SMILES string of the molecule is CC1OCCC1CNS(=O)(=O)CCCCCl. The summed E-state index contributed by atoms with van der Waals surface area (Å²) in [5.41, 5.74) is 0. The van der Waals surface area contributed by atoms with Gasteiger partial charge < -0.3 is 4.74 Å². The summed E-state index contributed by atoms with van der Waals surface area (Å²) in [6.45, 7) is 3.21. The maximum absolute atomic E-state index is 11.6. The standard InChI is InChI=1S/C10H20ClNO3S/c1-9-10(4-6-15-9)8-12-16(13,14)7-3-2-5-11/h9-10,12H,2-8H2,1H3. The molecule has 1 aliphatic heterocycles. The van der Waals surface area contributed by atoms with E-state index in [2.05, 4.69) is 4.72 Å². The van der Waals surface area contributed by atoms with Gasteiger partial charge in [-0.3, -0.25) is 0 Å². The average Bonchev–Trinajstić information content (AvgIpc) is 2.62. The maximum atomic E-state index is 11.6. The maximum Gasteiger partial charge on any atom is 0.211 e. The van der Waals surface area contributed by atoms with Crippen LogP contribution in [0, 0.1) is 5.92 Å². The second-order valence-electron chi connectivity index (χ2n) is 4.19. The molecule has 96 valence electrons. The van der Waals surface area contributed by atoms with Gasteiger partial charge in [0.05, 0.1) is 11.9 Å². The van der Waals surface area contributed by atoms with Gasteiger partial charge in [-0.05, 0) is 26.2 Å². The Labute approximate surface area is 103 Å². The molecule has 4 nitrogen and oxygen atoms in total. The van der Waals surface area contributed by atoms with E-state index >= 15 is 0 Å². The minimum absolute atomic E-state index is 0.158. The molecule has 2 unspecified atom stereocenters. The molecule has 0 spiro atoms. The lowest BCUT2D eigenvalue weighted by molar-refractivity contribution is 0.107. The van der Waals surface area contributed by atoms with Gasteiger partial charge in [-0.15, -0.1) is 11.6 Å². The Hall–Kier alpha value is 0.160. The third-order valence-corrected chi connectivity index (χ3v) is 4.60. The zero-order chi connectivity index (χ0) is 12.0. The Morgan fingerprint density at radius 3 is 2.75 bits per heavy atom. The predicted molar refractivity (Wildman–Crippen MR) is 65.3 cm³/mol. The molecule has 0 aromatic rings. The molecule has 2 atom stereocenters. The first-order chi connectivity index (χ1) is 7.55. The first kappa shape index (κ1) is 14.2. The molecule has 0 saturated carbocycles. The van der Waals surface area contributed by atoms with Crippen molar-refractivity contribution in [2.45, 2.75) is 32.3 Å². The molecule has 0 aromatic heterocycles. The lowest BCUT2D eigenvalue weighted by atomic mass is 10.0. The fraction of sp³-hybridized carbons (Fsp3) is 1.00. The molecule has 16 heavy (non-hydrogen) atoms. The molecule has 1 saturated heterocycles. The van der Waals surface area contributed by atoms with Crippen LogP contribution < -0.4 is 4.72 Å². The van der Waals surface area contributed by atoms with Crippen molar-refractivity contribution in [3.05, 3.63) is 0 Å². The highest BCUT2D eigenvalue weighted by Gasteiger charge is 2.25. The summed E-state index contributed by atoms with van der Waals surface area (Å²) in [7, 11) is -3.13. The Morgan fingerprint density at radius 1 is 1.44 bits per heavy atom. The molecule has 0 radical (unpaired) electrons. The van der Waals surface area contributed by atoms with E-state index in [0.29, 0.717) is 24.8 Å². The van der Waals surface area contributed by atoms with E-state index < -0.39 is 10.0 Å². The largest absolute Gasteiger partial charge is 0.378 e. The summed E-state index contributed by atoms with van der Waals surface area (Å²) in [6.07, 6.45) is 2.46. The zero-order valence-corrected chi connectivity index (χ0v) is 11.2. The third kappa shape index (κ3) is 4.99. The van der Waals surface area contributed by atoms with E-state index in [1.54, 1.807) is 0 Å². The molecule has 6 heteroatoms. The summed E-state index contributed by atoms with van der Waals surface area (Å²) in [5, 5.41) is 0. The zero-order valence-electron chi connectivity index (χ0n) is 9.62. The number of hydrogen-bond donors (Lipinski definition) is 1. The highest BCUT2D eigenvalue weighted by molar-refractivity contribution is 7.89. The van der Waals surface area contributed by atoms with Gasteiger partial charge in [-0.1, -0.05) is 0 Å². The molecule has 1 fully saturated rings. The second-order valence-corrected chi connectivity index (χ2v) is 6.49. The summed E-state index contributed by atoms with van der Waals surface area (Å²) >= 11 is 5.50. The van der Waals surface area contributed by atoms with Gasteiger partial charge in [-0.25, -0.2) is 13.1 Å². The number of unbranched alkanes of at least 4 members (excludes halogenated alkanes) is 1. The van der Waals surface area contributed by atoms with Crippen LogP contribution in [-0.2, 0) is 14.8 Å². The van der Waals surface area contributed by atoms with Crippen LogP contribution in [0.1, 0.15) is 26.2 Å². The van der Waals surface area contributed by atoms with Gasteiger partial charge in [0.25, 0.3) is 0 Å². The van der Waals surface area contributed by atoms with Gasteiger partial charge in [0, 0.05) is 24.9 Å². The van der Waals surface area contributed by atoms with Crippen molar-refractivity contribution in [2.24, 2.45) is 5.92 Å². The van der Waals surface area contributed by atoms with Crippen LogP contribution in [0.2, 0.25) is 0 Å². The number of halogens is 1.